The Kier molecular flexibility index (Phi) is 7.85. The van der Waals surface area contributed by atoms with Gasteiger partial charge in [-0.1, -0.05) is 56.3 Å². The minimum atomic E-state index is -1.02. The highest BCUT2D eigenvalue weighted by molar-refractivity contribution is 6.01. The van der Waals surface area contributed by atoms with Crippen LogP contribution in [0, 0.1) is 0 Å². The highest BCUT2D eigenvalue weighted by atomic mass is 16.5. The molecular weight excluding hydrogens is 458 g/mol. The third-order valence-corrected chi connectivity index (χ3v) is 6.55. The fourth-order valence-corrected chi connectivity index (χ4v) is 4.59. The van der Waals surface area contributed by atoms with Crippen molar-refractivity contribution in [2.24, 2.45) is 0 Å². The van der Waals surface area contributed by atoms with Gasteiger partial charge in [0, 0.05) is 6.54 Å². The maximum Gasteiger partial charge on any atom is 0.335 e. The molecule has 0 bridgehead atoms. The highest BCUT2D eigenvalue weighted by Crippen LogP contribution is 2.25. The van der Waals surface area contributed by atoms with Gasteiger partial charge in [0.2, 0.25) is 0 Å². The number of amides is 2. The van der Waals surface area contributed by atoms with Gasteiger partial charge in [-0.15, -0.1) is 0 Å². The molecule has 36 heavy (non-hydrogen) atoms. The van der Waals surface area contributed by atoms with Gasteiger partial charge in [-0.2, -0.15) is 0 Å². The lowest BCUT2D eigenvalue weighted by Crippen LogP contribution is -2.31. The van der Waals surface area contributed by atoms with Crippen LogP contribution in [0.15, 0.2) is 60.7 Å². The number of nitrogens with zero attached hydrogens (tertiary/aromatic N) is 1. The molecule has 2 heterocycles. The molecule has 0 saturated heterocycles. The number of carbonyl (C=O) groups is 3. The second-order valence-electron chi connectivity index (χ2n) is 8.80. The molecule has 1 aliphatic heterocycles. The minimum absolute atomic E-state index is 0.151. The van der Waals surface area contributed by atoms with Crippen LogP contribution >= 0.6 is 0 Å². The van der Waals surface area contributed by atoms with Crippen molar-refractivity contribution < 1.29 is 24.2 Å². The predicted molar refractivity (Wildman–Crippen MR) is 135 cm³/mol. The van der Waals surface area contributed by atoms with E-state index in [-0.39, 0.29) is 36.1 Å². The van der Waals surface area contributed by atoms with E-state index in [0.717, 1.165) is 12.0 Å². The van der Waals surface area contributed by atoms with Crippen LogP contribution in [0.1, 0.15) is 86.8 Å². The molecule has 4 rings (SSSR count). The summed E-state index contributed by atoms with van der Waals surface area (Å²) >= 11 is 0. The van der Waals surface area contributed by atoms with E-state index in [4.69, 9.17) is 4.74 Å². The zero-order chi connectivity index (χ0) is 25.7. The van der Waals surface area contributed by atoms with Gasteiger partial charge in [-0.3, -0.25) is 9.59 Å². The van der Waals surface area contributed by atoms with Crippen LogP contribution < -0.4 is 10.6 Å². The van der Waals surface area contributed by atoms with E-state index in [9.17, 15) is 19.5 Å². The average Bonchev–Trinajstić information content (AvgIpc) is 3.30. The van der Waals surface area contributed by atoms with Crippen LogP contribution in [-0.4, -0.2) is 34.1 Å². The number of rotatable bonds is 9. The topological polar surface area (TPSA) is 110 Å². The molecule has 1 aliphatic rings. The number of nitrogens with one attached hydrogen (secondary N) is 2. The van der Waals surface area contributed by atoms with E-state index in [1.54, 1.807) is 24.3 Å². The quantitative estimate of drug-likeness (QED) is 0.411. The Morgan fingerprint density at radius 1 is 0.917 bits per heavy atom. The van der Waals surface area contributed by atoms with Gasteiger partial charge in [0.1, 0.15) is 5.69 Å². The number of carboxylic acids is 1. The number of aromatic carboxylic acids is 1. The van der Waals surface area contributed by atoms with Crippen molar-refractivity contribution in [1.29, 1.82) is 0 Å². The molecule has 1 aromatic heterocycles. The van der Waals surface area contributed by atoms with Crippen molar-refractivity contribution in [3.63, 3.8) is 0 Å². The Morgan fingerprint density at radius 3 is 2.28 bits per heavy atom. The third-order valence-electron chi connectivity index (χ3n) is 6.55. The van der Waals surface area contributed by atoms with Crippen LogP contribution in [0.4, 0.5) is 0 Å². The molecule has 2 aromatic carbocycles. The molecule has 0 fully saturated rings. The second kappa shape index (κ2) is 11.2. The molecule has 188 valence electrons. The molecule has 3 N–H and O–H groups in total. The van der Waals surface area contributed by atoms with E-state index in [1.807, 2.05) is 48.7 Å². The van der Waals surface area contributed by atoms with E-state index in [1.165, 1.54) is 6.07 Å². The van der Waals surface area contributed by atoms with Gasteiger partial charge in [-0.05, 0) is 42.2 Å². The van der Waals surface area contributed by atoms with Gasteiger partial charge in [-0.25, -0.2) is 4.79 Å². The maximum atomic E-state index is 13.4. The first-order chi connectivity index (χ1) is 17.4. The second-order valence-corrected chi connectivity index (χ2v) is 8.80. The van der Waals surface area contributed by atoms with Crippen molar-refractivity contribution in [2.45, 2.75) is 51.9 Å². The fourth-order valence-electron chi connectivity index (χ4n) is 4.59. The van der Waals surface area contributed by atoms with Gasteiger partial charge in [0.15, 0.2) is 0 Å². The van der Waals surface area contributed by atoms with Crippen molar-refractivity contribution in [3.8, 4) is 0 Å². The first kappa shape index (κ1) is 25.2. The lowest BCUT2D eigenvalue weighted by Gasteiger charge is -2.22. The normalized spacial score (nSPS) is 14.4. The molecule has 2 unspecified atom stereocenters. The van der Waals surface area contributed by atoms with E-state index >= 15 is 0 Å². The van der Waals surface area contributed by atoms with Crippen LogP contribution in [0.3, 0.4) is 0 Å². The first-order valence-electron chi connectivity index (χ1n) is 12.2. The van der Waals surface area contributed by atoms with Gasteiger partial charge in [0.25, 0.3) is 11.8 Å². The predicted octanol–water partition coefficient (Wildman–Crippen LogP) is 4.48. The molecule has 3 aromatic rings. The van der Waals surface area contributed by atoms with E-state index in [2.05, 4.69) is 10.6 Å². The Bertz CT molecular complexity index is 1250. The van der Waals surface area contributed by atoms with Crippen molar-refractivity contribution in [2.75, 3.05) is 6.61 Å². The zero-order valence-corrected chi connectivity index (χ0v) is 20.5. The summed E-state index contributed by atoms with van der Waals surface area (Å²) in [6.07, 6.45) is 1.30. The highest BCUT2D eigenvalue weighted by Gasteiger charge is 2.28. The summed E-state index contributed by atoms with van der Waals surface area (Å²) in [6, 6.07) is 17.5. The van der Waals surface area contributed by atoms with Crippen molar-refractivity contribution in [1.82, 2.24) is 15.2 Å². The van der Waals surface area contributed by atoms with E-state index < -0.39 is 5.97 Å². The number of carboxylic acid groups (broad SMARTS) is 1. The summed E-state index contributed by atoms with van der Waals surface area (Å²) in [7, 11) is 0. The smallest absolute Gasteiger partial charge is 0.335 e. The number of hydrogen-bond acceptors (Lipinski definition) is 4. The zero-order valence-electron chi connectivity index (χ0n) is 20.5. The Morgan fingerprint density at radius 2 is 1.58 bits per heavy atom. The van der Waals surface area contributed by atoms with Gasteiger partial charge in [0.05, 0.1) is 42.1 Å². The molecule has 0 saturated carbocycles. The Hall–Kier alpha value is -3.91. The summed E-state index contributed by atoms with van der Waals surface area (Å²) in [5, 5.41) is 15.4. The van der Waals surface area contributed by atoms with Crippen LogP contribution in [-0.2, 0) is 17.9 Å². The van der Waals surface area contributed by atoms with Gasteiger partial charge < -0.3 is 25.0 Å². The molecule has 2 amide bonds. The SMILES string of the molecule is CCC(NC(=O)c1cc(C(=O)NC(CC)c2cccc(C(=O)O)c2)n2c1COCC2)c1ccccc1. The fraction of sp³-hybridized carbons (Fsp3) is 0.321. The number of aromatic nitrogens is 1. The third kappa shape index (κ3) is 5.33. The average molecular weight is 490 g/mol. The van der Waals surface area contributed by atoms with Crippen molar-refractivity contribution in [3.05, 3.63) is 94.3 Å². The molecular formula is C28H31N3O5. The number of benzene rings is 2. The summed E-state index contributed by atoms with van der Waals surface area (Å²) in [6.45, 7) is 5.09. The lowest BCUT2D eigenvalue weighted by molar-refractivity contribution is 0.0696. The van der Waals surface area contributed by atoms with E-state index in [0.29, 0.717) is 42.1 Å². The molecule has 0 radical (unpaired) electrons. The Balaban J connectivity index is 1.59. The number of carbonyl (C=O) groups excluding carboxylic acids is 2. The lowest BCUT2D eigenvalue weighted by atomic mass is 10.0. The maximum absolute atomic E-state index is 13.4. The number of ether oxygens (including phenoxy) is 1. The summed E-state index contributed by atoms with van der Waals surface area (Å²) in [5.74, 6) is -1.59. The monoisotopic (exact) mass is 489 g/mol. The standard InChI is InChI=1S/C28H31N3O5/c1-3-22(18-9-6-5-7-10-18)29-26(32)21-16-24(31-13-14-36-17-25(21)31)27(33)30-23(4-2)19-11-8-12-20(15-19)28(34)35/h5-12,15-16,22-23H,3-4,13-14,17H2,1-2H3,(H,29,32)(H,30,33)(H,34,35). The number of hydrogen-bond donors (Lipinski definition) is 3. The summed E-state index contributed by atoms with van der Waals surface area (Å²) in [5.41, 5.74) is 3.39. The first-order valence-corrected chi connectivity index (χ1v) is 12.2. The molecule has 8 nitrogen and oxygen atoms in total. The molecule has 8 heteroatoms. The molecule has 0 aliphatic carbocycles. The van der Waals surface area contributed by atoms with Gasteiger partial charge >= 0.3 is 5.97 Å². The van der Waals surface area contributed by atoms with Crippen LogP contribution in [0.5, 0.6) is 0 Å². The largest absolute Gasteiger partial charge is 0.478 e. The van der Waals surface area contributed by atoms with Crippen LogP contribution in [0.2, 0.25) is 0 Å². The Labute approximate surface area is 210 Å². The molecule has 0 spiro atoms. The summed E-state index contributed by atoms with van der Waals surface area (Å²) < 4.78 is 7.46. The number of fused-ring (bicyclic) bond motifs is 1. The van der Waals surface area contributed by atoms with Crippen molar-refractivity contribution >= 4 is 17.8 Å². The summed E-state index contributed by atoms with van der Waals surface area (Å²) in [4.78, 5) is 38.1. The minimum Gasteiger partial charge on any atom is -0.478 e. The van der Waals surface area contributed by atoms with Crippen LogP contribution in [0.25, 0.3) is 0 Å². The molecule has 2 atom stereocenters.